The van der Waals surface area contributed by atoms with Gasteiger partial charge in [0.15, 0.2) is 5.76 Å². The van der Waals surface area contributed by atoms with Gasteiger partial charge in [0.05, 0.1) is 11.1 Å². The van der Waals surface area contributed by atoms with Crippen LogP contribution in [0.4, 0.5) is 0 Å². The summed E-state index contributed by atoms with van der Waals surface area (Å²) in [7, 11) is 0. The number of allylic oxidation sites excluding steroid dienone is 1. The van der Waals surface area contributed by atoms with E-state index in [0.717, 1.165) is 33.0 Å². The monoisotopic (exact) mass is 417 g/mol. The second-order valence-corrected chi connectivity index (χ2v) is 7.98. The second-order valence-electron chi connectivity index (χ2n) is 7.58. The summed E-state index contributed by atoms with van der Waals surface area (Å²) in [6.45, 7) is 3.65. The highest BCUT2D eigenvalue weighted by atomic mass is 35.5. The zero-order valence-corrected chi connectivity index (χ0v) is 17.3. The van der Waals surface area contributed by atoms with Gasteiger partial charge in [-0.2, -0.15) is 0 Å². The fourth-order valence-corrected chi connectivity index (χ4v) is 4.14. The van der Waals surface area contributed by atoms with Crippen molar-refractivity contribution < 1.29 is 14.3 Å². The third-order valence-corrected chi connectivity index (χ3v) is 5.81. The SMILES string of the molecule is Cc1cc2c(c3c1C(=O)/C(=C/c1ccccc1)O3)CN(Cc1ccccc1Cl)CO2. The fraction of sp³-hybridized carbons (Fsp3) is 0.160. The molecular formula is C25H20ClNO3. The Balaban J connectivity index is 1.48. The normalized spacial score (nSPS) is 16.7. The molecule has 0 saturated heterocycles. The quantitative estimate of drug-likeness (QED) is 0.519. The van der Waals surface area contributed by atoms with Crippen molar-refractivity contribution in [2.24, 2.45) is 0 Å². The molecule has 2 aliphatic heterocycles. The maximum atomic E-state index is 13.1. The van der Waals surface area contributed by atoms with Crippen LogP contribution in [0.1, 0.15) is 32.6 Å². The number of rotatable bonds is 3. The predicted octanol–water partition coefficient (Wildman–Crippen LogP) is 5.62. The van der Waals surface area contributed by atoms with Crippen molar-refractivity contribution >= 4 is 23.5 Å². The Morgan fingerprint density at radius 3 is 2.67 bits per heavy atom. The molecule has 150 valence electrons. The minimum atomic E-state index is -0.0858. The number of carbonyl (C=O) groups is 1. The third kappa shape index (κ3) is 3.38. The molecule has 0 spiro atoms. The molecule has 0 unspecified atom stereocenters. The van der Waals surface area contributed by atoms with E-state index < -0.39 is 0 Å². The summed E-state index contributed by atoms with van der Waals surface area (Å²) < 4.78 is 12.1. The molecule has 2 heterocycles. The van der Waals surface area contributed by atoms with E-state index in [9.17, 15) is 4.79 Å². The first kappa shape index (κ1) is 18.9. The van der Waals surface area contributed by atoms with Gasteiger partial charge < -0.3 is 9.47 Å². The molecule has 4 nitrogen and oxygen atoms in total. The maximum Gasteiger partial charge on any atom is 0.232 e. The van der Waals surface area contributed by atoms with E-state index in [1.807, 2.05) is 67.6 Å². The van der Waals surface area contributed by atoms with Crippen LogP contribution >= 0.6 is 11.6 Å². The van der Waals surface area contributed by atoms with Crippen LogP contribution in [-0.4, -0.2) is 17.4 Å². The number of hydrogen-bond acceptors (Lipinski definition) is 4. The van der Waals surface area contributed by atoms with E-state index >= 15 is 0 Å². The highest BCUT2D eigenvalue weighted by Gasteiger charge is 2.35. The number of aryl methyl sites for hydroxylation is 1. The molecule has 2 aliphatic rings. The van der Waals surface area contributed by atoms with Crippen molar-refractivity contribution in [3.05, 3.63) is 99.3 Å². The van der Waals surface area contributed by atoms with E-state index in [1.54, 1.807) is 6.08 Å². The van der Waals surface area contributed by atoms with Gasteiger partial charge in [-0.15, -0.1) is 0 Å². The molecule has 0 aliphatic carbocycles. The number of fused-ring (bicyclic) bond motifs is 3. The van der Waals surface area contributed by atoms with E-state index in [-0.39, 0.29) is 5.78 Å². The van der Waals surface area contributed by atoms with Crippen LogP contribution in [0.25, 0.3) is 6.08 Å². The van der Waals surface area contributed by atoms with E-state index in [0.29, 0.717) is 36.9 Å². The van der Waals surface area contributed by atoms with Crippen LogP contribution in [0.15, 0.2) is 66.4 Å². The lowest BCUT2D eigenvalue weighted by molar-refractivity contribution is 0.0872. The summed E-state index contributed by atoms with van der Waals surface area (Å²) in [6, 6.07) is 19.4. The number of ether oxygens (including phenoxy) is 2. The minimum Gasteiger partial charge on any atom is -0.478 e. The molecule has 0 atom stereocenters. The molecule has 5 rings (SSSR count). The number of Topliss-reactive ketones (excluding diaryl/α,β-unsaturated/α-hetero) is 1. The van der Waals surface area contributed by atoms with E-state index in [4.69, 9.17) is 21.1 Å². The molecular weight excluding hydrogens is 398 g/mol. The lowest BCUT2D eigenvalue weighted by Crippen LogP contribution is -2.32. The summed E-state index contributed by atoms with van der Waals surface area (Å²) >= 11 is 6.33. The van der Waals surface area contributed by atoms with Crippen LogP contribution in [0.3, 0.4) is 0 Å². The first-order chi connectivity index (χ1) is 14.6. The van der Waals surface area contributed by atoms with Crippen LogP contribution in [-0.2, 0) is 13.1 Å². The summed E-state index contributed by atoms with van der Waals surface area (Å²) in [5, 5.41) is 0.733. The van der Waals surface area contributed by atoms with Crippen LogP contribution in [0.5, 0.6) is 11.5 Å². The van der Waals surface area contributed by atoms with Gasteiger partial charge in [-0.1, -0.05) is 60.1 Å². The van der Waals surface area contributed by atoms with E-state index in [2.05, 4.69) is 4.90 Å². The number of ketones is 1. The third-order valence-electron chi connectivity index (χ3n) is 5.44. The van der Waals surface area contributed by atoms with Gasteiger partial charge in [0.2, 0.25) is 5.78 Å². The molecule has 0 fully saturated rings. The summed E-state index contributed by atoms with van der Waals surface area (Å²) in [5.41, 5.74) is 4.36. The van der Waals surface area contributed by atoms with Gasteiger partial charge in [-0.05, 0) is 41.8 Å². The second kappa shape index (κ2) is 7.63. The van der Waals surface area contributed by atoms with E-state index in [1.165, 1.54) is 0 Å². The Labute approximate surface area is 180 Å². The first-order valence-electron chi connectivity index (χ1n) is 9.84. The fourth-order valence-electron chi connectivity index (χ4n) is 3.95. The first-order valence-corrected chi connectivity index (χ1v) is 10.2. The molecule has 5 heteroatoms. The largest absolute Gasteiger partial charge is 0.478 e. The summed E-state index contributed by atoms with van der Waals surface area (Å²) in [4.78, 5) is 15.2. The Kier molecular flexibility index (Phi) is 4.81. The molecule has 3 aromatic rings. The molecule has 0 bridgehead atoms. The van der Waals surface area contributed by atoms with Crippen molar-refractivity contribution in [3.8, 4) is 11.5 Å². The van der Waals surface area contributed by atoms with Crippen molar-refractivity contribution in [1.82, 2.24) is 4.90 Å². The molecule has 0 amide bonds. The highest BCUT2D eigenvalue weighted by molar-refractivity contribution is 6.31. The maximum absolute atomic E-state index is 13.1. The van der Waals surface area contributed by atoms with Gasteiger partial charge in [-0.3, -0.25) is 9.69 Å². The average Bonchev–Trinajstić information content (AvgIpc) is 3.08. The molecule has 0 N–H and O–H groups in total. The molecule has 30 heavy (non-hydrogen) atoms. The highest BCUT2D eigenvalue weighted by Crippen LogP contribution is 2.44. The van der Waals surface area contributed by atoms with Crippen molar-refractivity contribution in [3.63, 3.8) is 0 Å². The van der Waals surface area contributed by atoms with Gasteiger partial charge in [0, 0.05) is 18.1 Å². The zero-order chi connectivity index (χ0) is 20.7. The van der Waals surface area contributed by atoms with Gasteiger partial charge in [-0.25, -0.2) is 0 Å². The Bertz CT molecular complexity index is 1170. The van der Waals surface area contributed by atoms with Crippen LogP contribution in [0.2, 0.25) is 5.02 Å². The van der Waals surface area contributed by atoms with Gasteiger partial charge in [0.1, 0.15) is 18.2 Å². The Morgan fingerprint density at radius 2 is 1.87 bits per heavy atom. The summed E-state index contributed by atoms with van der Waals surface area (Å²) in [5.74, 6) is 1.64. The number of benzene rings is 3. The smallest absolute Gasteiger partial charge is 0.232 e. The summed E-state index contributed by atoms with van der Waals surface area (Å²) in [6.07, 6.45) is 1.79. The number of halogens is 1. The predicted molar refractivity (Wildman–Crippen MR) is 117 cm³/mol. The van der Waals surface area contributed by atoms with Gasteiger partial charge in [0.25, 0.3) is 0 Å². The Hall–Kier alpha value is -3.08. The lowest BCUT2D eigenvalue weighted by Gasteiger charge is -2.30. The minimum absolute atomic E-state index is 0.0858. The van der Waals surface area contributed by atoms with Crippen molar-refractivity contribution in [1.29, 1.82) is 0 Å². The topological polar surface area (TPSA) is 38.8 Å². The Morgan fingerprint density at radius 1 is 1.10 bits per heavy atom. The number of carbonyl (C=O) groups excluding carboxylic acids is 1. The molecule has 0 radical (unpaired) electrons. The standard InChI is InChI=1S/C25H20ClNO3/c1-16-11-21-19(14-27(15-29-21)13-18-9-5-6-10-20(18)26)25-23(16)24(28)22(30-25)12-17-7-3-2-4-8-17/h2-12H,13-15H2,1H3/b22-12-. The van der Waals surface area contributed by atoms with Crippen molar-refractivity contribution in [2.45, 2.75) is 20.0 Å². The molecule has 0 aromatic heterocycles. The number of nitrogens with zero attached hydrogens (tertiary/aromatic N) is 1. The zero-order valence-electron chi connectivity index (χ0n) is 16.5. The lowest BCUT2D eigenvalue weighted by atomic mass is 9.98. The molecule has 3 aromatic carbocycles. The number of hydrogen-bond donors (Lipinski definition) is 0. The van der Waals surface area contributed by atoms with Crippen LogP contribution in [0, 0.1) is 6.92 Å². The molecule has 0 saturated carbocycles. The average molecular weight is 418 g/mol. The van der Waals surface area contributed by atoms with Crippen molar-refractivity contribution in [2.75, 3.05) is 6.73 Å². The van der Waals surface area contributed by atoms with Crippen LogP contribution < -0.4 is 9.47 Å². The van der Waals surface area contributed by atoms with Gasteiger partial charge >= 0.3 is 0 Å².